The fourth-order valence-electron chi connectivity index (χ4n) is 0.504. The average Bonchev–Trinajstić information content (AvgIpc) is 1.97. The van der Waals surface area contributed by atoms with Crippen LogP contribution in [-0.4, -0.2) is 20.8 Å². The largest absolute Gasteiger partial charge is 0.268 e. The van der Waals surface area contributed by atoms with Crippen molar-refractivity contribution in [2.45, 2.75) is 19.8 Å². The number of hydrogen-bond donors (Lipinski definition) is 0. The van der Waals surface area contributed by atoms with E-state index < -0.39 is 10.1 Å². The summed E-state index contributed by atoms with van der Waals surface area (Å²) in [6.07, 6.45) is 6.27. The van der Waals surface area contributed by atoms with Crippen molar-refractivity contribution in [1.29, 1.82) is 0 Å². The van der Waals surface area contributed by atoms with Crippen LogP contribution in [0.25, 0.3) is 0 Å². The molecule has 0 aromatic heterocycles. The molecule has 0 spiro atoms. The second-order valence-electron chi connectivity index (χ2n) is 2.08. The molecular weight excluding hydrogens is 164 g/mol. The summed E-state index contributed by atoms with van der Waals surface area (Å²) in [5.74, 6) is 2.16. The van der Waals surface area contributed by atoms with Crippen LogP contribution in [0, 0.1) is 12.3 Å². The Hall–Kier alpha value is -0.530. The minimum absolute atomic E-state index is 0.0607. The third kappa shape index (κ3) is 5.89. The Morgan fingerprint density at radius 2 is 2.18 bits per heavy atom. The summed E-state index contributed by atoms with van der Waals surface area (Å²) in [6.45, 7) is 1.75. The Kier molecular flexibility index (Phi) is 4.92. The van der Waals surface area contributed by atoms with E-state index in [9.17, 15) is 8.42 Å². The molecule has 0 unspecified atom stereocenters. The SMILES string of the molecule is C#CCOS(=O)(=O)CCCC. The van der Waals surface area contributed by atoms with E-state index in [1.165, 1.54) is 0 Å². The zero-order chi connectivity index (χ0) is 8.74. The topological polar surface area (TPSA) is 43.4 Å². The minimum atomic E-state index is -3.35. The highest BCUT2D eigenvalue weighted by Crippen LogP contribution is 1.97. The van der Waals surface area contributed by atoms with Gasteiger partial charge in [0.25, 0.3) is 10.1 Å². The van der Waals surface area contributed by atoms with Crippen LogP contribution in [-0.2, 0) is 14.3 Å². The lowest BCUT2D eigenvalue weighted by Gasteiger charge is -1.99. The summed E-state index contributed by atoms with van der Waals surface area (Å²) in [4.78, 5) is 0. The first-order chi connectivity index (χ1) is 5.12. The smallest absolute Gasteiger partial charge is 0.257 e. The molecule has 64 valence electrons. The van der Waals surface area contributed by atoms with Gasteiger partial charge in [-0.15, -0.1) is 6.42 Å². The molecule has 11 heavy (non-hydrogen) atoms. The third-order valence-electron chi connectivity index (χ3n) is 1.07. The van der Waals surface area contributed by atoms with Gasteiger partial charge in [-0.3, -0.25) is 4.18 Å². The zero-order valence-electron chi connectivity index (χ0n) is 6.54. The van der Waals surface area contributed by atoms with Crippen molar-refractivity contribution in [3.8, 4) is 12.3 Å². The fourth-order valence-corrected chi connectivity index (χ4v) is 1.51. The van der Waals surface area contributed by atoms with Crippen LogP contribution in [0.15, 0.2) is 0 Å². The van der Waals surface area contributed by atoms with Gasteiger partial charge in [-0.2, -0.15) is 8.42 Å². The van der Waals surface area contributed by atoms with Crippen molar-refractivity contribution in [2.24, 2.45) is 0 Å². The molecule has 0 N–H and O–H groups in total. The Morgan fingerprint density at radius 3 is 2.64 bits per heavy atom. The Bertz CT molecular complexity index is 223. The number of unbranched alkanes of at least 4 members (excludes halogenated alkanes) is 1. The highest BCUT2D eigenvalue weighted by Gasteiger charge is 2.08. The quantitative estimate of drug-likeness (QED) is 0.459. The molecule has 0 atom stereocenters. The van der Waals surface area contributed by atoms with Crippen molar-refractivity contribution in [3.63, 3.8) is 0 Å². The van der Waals surface area contributed by atoms with Crippen LogP contribution in [0.4, 0.5) is 0 Å². The van der Waals surface area contributed by atoms with Gasteiger partial charge in [0.05, 0.1) is 5.75 Å². The lowest BCUT2D eigenvalue weighted by molar-refractivity contribution is 0.362. The Labute approximate surface area is 67.9 Å². The van der Waals surface area contributed by atoms with E-state index in [1.54, 1.807) is 0 Å². The van der Waals surface area contributed by atoms with Crippen molar-refractivity contribution in [3.05, 3.63) is 0 Å². The summed E-state index contributed by atoms with van der Waals surface area (Å²) in [5.41, 5.74) is 0. The van der Waals surface area contributed by atoms with Gasteiger partial charge in [0.15, 0.2) is 0 Å². The van der Waals surface area contributed by atoms with E-state index in [1.807, 2.05) is 6.92 Å². The third-order valence-corrected chi connectivity index (χ3v) is 2.34. The van der Waals surface area contributed by atoms with Crippen LogP contribution in [0.3, 0.4) is 0 Å². The maximum absolute atomic E-state index is 10.8. The van der Waals surface area contributed by atoms with Gasteiger partial charge >= 0.3 is 0 Å². The molecular formula is C7H12O3S. The maximum atomic E-state index is 10.8. The predicted octanol–water partition coefficient (Wildman–Crippen LogP) is 0.766. The fraction of sp³-hybridized carbons (Fsp3) is 0.714. The second-order valence-corrected chi connectivity index (χ2v) is 3.84. The van der Waals surface area contributed by atoms with Crippen LogP contribution >= 0.6 is 0 Å². The minimum Gasteiger partial charge on any atom is -0.257 e. The van der Waals surface area contributed by atoms with E-state index in [0.29, 0.717) is 6.42 Å². The van der Waals surface area contributed by atoms with E-state index >= 15 is 0 Å². The van der Waals surface area contributed by atoms with Crippen molar-refractivity contribution >= 4 is 10.1 Å². The predicted molar refractivity (Wildman–Crippen MR) is 43.5 cm³/mol. The molecule has 0 fully saturated rings. The molecule has 0 rings (SSSR count). The molecule has 3 nitrogen and oxygen atoms in total. The second kappa shape index (κ2) is 5.16. The highest BCUT2D eigenvalue weighted by atomic mass is 32.2. The molecule has 0 saturated heterocycles. The zero-order valence-corrected chi connectivity index (χ0v) is 7.36. The molecule has 0 aromatic carbocycles. The van der Waals surface area contributed by atoms with Gasteiger partial charge in [0.2, 0.25) is 0 Å². The molecule has 0 aliphatic heterocycles. The first-order valence-electron chi connectivity index (χ1n) is 3.43. The maximum Gasteiger partial charge on any atom is 0.268 e. The van der Waals surface area contributed by atoms with Gasteiger partial charge in [-0.1, -0.05) is 19.3 Å². The summed E-state index contributed by atoms with van der Waals surface area (Å²) in [5, 5.41) is 0. The van der Waals surface area contributed by atoms with Gasteiger partial charge in [-0.05, 0) is 6.42 Å². The lowest BCUT2D eigenvalue weighted by atomic mass is 10.4. The monoisotopic (exact) mass is 176 g/mol. The number of rotatable bonds is 5. The van der Waals surface area contributed by atoms with Crippen molar-refractivity contribution in [1.82, 2.24) is 0 Å². The number of terminal acetylenes is 1. The molecule has 0 saturated carbocycles. The molecule has 0 heterocycles. The Balaban J connectivity index is 3.74. The molecule has 0 aromatic rings. The highest BCUT2D eigenvalue weighted by molar-refractivity contribution is 7.86. The van der Waals surface area contributed by atoms with Crippen LogP contribution in [0.1, 0.15) is 19.8 Å². The van der Waals surface area contributed by atoms with Crippen LogP contribution < -0.4 is 0 Å². The number of hydrogen-bond acceptors (Lipinski definition) is 3. The van der Waals surface area contributed by atoms with E-state index in [0.717, 1.165) is 6.42 Å². The molecule has 0 aliphatic rings. The summed E-state index contributed by atoms with van der Waals surface area (Å²) >= 11 is 0. The average molecular weight is 176 g/mol. The van der Waals surface area contributed by atoms with Gasteiger partial charge < -0.3 is 0 Å². The van der Waals surface area contributed by atoms with E-state index in [4.69, 9.17) is 6.42 Å². The summed E-state index contributed by atoms with van der Waals surface area (Å²) < 4.78 is 26.1. The van der Waals surface area contributed by atoms with E-state index in [-0.39, 0.29) is 12.4 Å². The standard InChI is InChI=1S/C7H12O3S/c1-3-5-7-11(8,9)10-6-4-2/h2H,3,5-7H2,1H3. The van der Waals surface area contributed by atoms with Gasteiger partial charge in [-0.25, -0.2) is 0 Å². The molecule has 4 heteroatoms. The first kappa shape index (κ1) is 10.5. The van der Waals surface area contributed by atoms with Crippen molar-refractivity contribution in [2.75, 3.05) is 12.4 Å². The summed E-state index contributed by atoms with van der Waals surface area (Å²) in [6, 6.07) is 0. The van der Waals surface area contributed by atoms with Gasteiger partial charge in [0.1, 0.15) is 6.61 Å². The van der Waals surface area contributed by atoms with Gasteiger partial charge in [0, 0.05) is 0 Å². The van der Waals surface area contributed by atoms with E-state index in [2.05, 4.69) is 10.1 Å². The van der Waals surface area contributed by atoms with Crippen LogP contribution in [0.5, 0.6) is 0 Å². The summed E-state index contributed by atoms with van der Waals surface area (Å²) in [7, 11) is -3.35. The van der Waals surface area contributed by atoms with Crippen molar-refractivity contribution < 1.29 is 12.6 Å². The molecule has 0 amide bonds. The first-order valence-corrected chi connectivity index (χ1v) is 5.00. The van der Waals surface area contributed by atoms with Crippen LogP contribution in [0.2, 0.25) is 0 Å². The normalized spacial score (nSPS) is 10.9. The lowest BCUT2D eigenvalue weighted by Crippen LogP contribution is -2.10. The Morgan fingerprint density at radius 1 is 1.55 bits per heavy atom. The molecule has 0 radical (unpaired) electrons. The molecule has 0 aliphatic carbocycles. The molecule has 0 bridgehead atoms.